The van der Waals surface area contributed by atoms with Gasteiger partial charge in [-0.05, 0) is 69.2 Å². The second-order valence-electron chi connectivity index (χ2n) is 7.58. The minimum atomic E-state index is -0.346. The standard InChI is InChI=1S/C18H27F2N/c1-17(2,3)21-13-18(9-5-4-6-10-18)12-14-11-15(19)7-8-16(14)20/h7-8,11,21H,4-6,9-10,12-13H2,1-3H3. The number of benzene rings is 1. The lowest BCUT2D eigenvalue weighted by Gasteiger charge is -2.40. The number of rotatable bonds is 4. The molecule has 0 aromatic heterocycles. The fourth-order valence-electron chi connectivity index (χ4n) is 3.25. The Morgan fingerprint density at radius 1 is 1.10 bits per heavy atom. The lowest BCUT2D eigenvalue weighted by atomic mass is 9.70. The van der Waals surface area contributed by atoms with Crippen molar-refractivity contribution >= 4 is 0 Å². The smallest absolute Gasteiger partial charge is 0.126 e. The molecule has 0 bridgehead atoms. The molecule has 0 atom stereocenters. The third kappa shape index (κ3) is 4.77. The van der Waals surface area contributed by atoms with Crippen LogP contribution in [-0.2, 0) is 6.42 Å². The van der Waals surface area contributed by atoms with Crippen LogP contribution in [0.15, 0.2) is 18.2 Å². The van der Waals surface area contributed by atoms with Gasteiger partial charge < -0.3 is 5.32 Å². The zero-order valence-electron chi connectivity index (χ0n) is 13.4. The van der Waals surface area contributed by atoms with E-state index in [9.17, 15) is 8.78 Å². The van der Waals surface area contributed by atoms with Crippen molar-refractivity contribution in [3.8, 4) is 0 Å². The molecule has 0 spiro atoms. The molecule has 3 heteroatoms. The topological polar surface area (TPSA) is 12.0 Å². The van der Waals surface area contributed by atoms with Gasteiger partial charge in [0.1, 0.15) is 11.6 Å². The van der Waals surface area contributed by atoms with Crippen molar-refractivity contribution < 1.29 is 8.78 Å². The number of nitrogens with one attached hydrogen (secondary N) is 1. The zero-order valence-corrected chi connectivity index (χ0v) is 13.4. The Balaban J connectivity index is 2.17. The van der Waals surface area contributed by atoms with Gasteiger partial charge in [-0.25, -0.2) is 8.78 Å². The van der Waals surface area contributed by atoms with Crippen LogP contribution in [-0.4, -0.2) is 12.1 Å². The van der Waals surface area contributed by atoms with E-state index in [2.05, 4.69) is 26.1 Å². The average Bonchev–Trinajstić information content (AvgIpc) is 2.41. The molecule has 1 aromatic rings. The Morgan fingerprint density at radius 3 is 2.38 bits per heavy atom. The summed E-state index contributed by atoms with van der Waals surface area (Å²) < 4.78 is 27.4. The van der Waals surface area contributed by atoms with E-state index in [1.165, 1.54) is 37.5 Å². The lowest BCUT2D eigenvalue weighted by Crippen LogP contribution is -2.45. The first-order valence-corrected chi connectivity index (χ1v) is 7.99. The van der Waals surface area contributed by atoms with Crippen LogP contribution in [0.25, 0.3) is 0 Å². The van der Waals surface area contributed by atoms with Crippen molar-refractivity contribution in [2.45, 2.75) is 64.8 Å². The van der Waals surface area contributed by atoms with Crippen LogP contribution in [0.1, 0.15) is 58.4 Å². The molecular formula is C18H27F2N. The van der Waals surface area contributed by atoms with Crippen molar-refractivity contribution in [1.82, 2.24) is 5.32 Å². The van der Waals surface area contributed by atoms with Crippen molar-refractivity contribution in [1.29, 1.82) is 0 Å². The number of hydrogen-bond acceptors (Lipinski definition) is 1. The highest BCUT2D eigenvalue weighted by Crippen LogP contribution is 2.39. The van der Waals surface area contributed by atoms with E-state index in [0.717, 1.165) is 19.4 Å². The Morgan fingerprint density at radius 2 is 1.76 bits per heavy atom. The Hall–Kier alpha value is -0.960. The number of halogens is 2. The Kier molecular flexibility index (Phi) is 5.03. The van der Waals surface area contributed by atoms with Gasteiger partial charge in [-0.15, -0.1) is 0 Å². The van der Waals surface area contributed by atoms with Gasteiger partial charge in [-0.1, -0.05) is 19.3 Å². The maximum Gasteiger partial charge on any atom is 0.126 e. The zero-order chi connectivity index (χ0) is 15.5. The highest BCUT2D eigenvalue weighted by molar-refractivity contribution is 5.20. The van der Waals surface area contributed by atoms with Gasteiger partial charge >= 0.3 is 0 Å². The highest BCUT2D eigenvalue weighted by atomic mass is 19.1. The molecule has 0 amide bonds. The predicted molar refractivity (Wildman–Crippen MR) is 83.3 cm³/mol. The van der Waals surface area contributed by atoms with Crippen molar-refractivity contribution in [2.75, 3.05) is 6.54 Å². The van der Waals surface area contributed by atoms with Crippen molar-refractivity contribution in [3.05, 3.63) is 35.4 Å². The van der Waals surface area contributed by atoms with Crippen LogP contribution in [0.2, 0.25) is 0 Å². The molecule has 0 heterocycles. The molecule has 2 rings (SSSR count). The maximum atomic E-state index is 14.0. The van der Waals surface area contributed by atoms with Gasteiger partial charge in [-0.3, -0.25) is 0 Å². The van der Waals surface area contributed by atoms with Crippen LogP contribution < -0.4 is 5.32 Å². The molecule has 1 saturated carbocycles. The molecule has 1 fully saturated rings. The van der Waals surface area contributed by atoms with Crippen molar-refractivity contribution in [3.63, 3.8) is 0 Å². The van der Waals surface area contributed by atoms with E-state index in [0.29, 0.717) is 12.0 Å². The lowest BCUT2D eigenvalue weighted by molar-refractivity contribution is 0.164. The Labute approximate surface area is 127 Å². The molecule has 0 aliphatic heterocycles. The summed E-state index contributed by atoms with van der Waals surface area (Å²) in [6.07, 6.45) is 6.42. The molecular weight excluding hydrogens is 268 g/mol. The van der Waals surface area contributed by atoms with E-state index in [1.54, 1.807) is 0 Å². The molecule has 1 aromatic carbocycles. The second kappa shape index (κ2) is 6.43. The molecule has 1 aliphatic carbocycles. The van der Waals surface area contributed by atoms with E-state index >= 15 is 0 Å². The summed E-state index contributed by atoms with van der Waals surface area (Å²) in [6.45, 7) is 7.30. The quantitative estimate of drug-likeness (QED) is 0.837. The summed E-state index contributed by atoms with van der Waals surface area (Å²) in [6, 6.07) is 3.81. The van der Waals surface area contributed by atoms with Crippen LogP contribution in [0, 0.1) is 17.0 Å². The molecule has 21 heavy (non-hydrogen) atoms. The summed E-state index contributed by atoms with van der Waals surface area (Å²) in [5.74, 6) is -0.627. The molecule has 118 valence electrons. The molecule has 1 nitrogen and oxygen atoms in total. The molecule has 1 aliphatic rings. The van der Waals surface area contributed by atoms with E-state index in [1.807, 2.05) is 0 Å². The summed E-state index contributed by atoms with van der Waals surface area (Å²) >= 11 is 0. The Bertz CT molecular complexity index is 471. The molecule has 1 N–H and O–H groups in total. The largest absolute Gasteiger partial charge is 0.312 e. The first-order valence-electron chi connectivity index (χ1n) is 7.99. The summed E-state index contributed by atoms with van der Waals surface area (Å²) in [4.78, 5) is 0. The highest BCUT2D eigenvalue weighted by Gasteiger charge is 2.34. The van der Waals surface area contributed by atoms with Gasteiger partial charge in [0.25, 0.3) is 0 Å². The first-order chi connectivity index (χ1) is 9.80. The van der Waals surface area contributed by atoms with Gasteiger partial charge in [0.05, 0.1) is 0 Å². The summed E-state index contributed by atoms with van der Waals surface area (Å²) in [5, 5.41) is 3.57. The SMILES string of the molecule is CC(C)(C)NCC1(Cc2cc(F)ccc2F)CCCCC1. The van der Waals surface area contributed by atoms with Gasteiger partial charge in [0.15, 0.2) is 0 Å². The minimum absolute atomic E-state index is 0.0466. The molecule has 0 saturated heterocycles. The third-order valence-corrected chi connectivity index (χ3v) is 4.48. The van der Waals surface area contributed by atoms with Crippen LogP contribution in [0.4, 0.5) is 8.78 Å². The number of hydrogen-bond donors (Lipinski definition) is 1. The summed E-state index contributed by atoms with van der Waals surface area (Å²) in [5.41, 5.74) is 0.623. The third-order valence-electron chi connectivity index (χ3n) is 4.48. The van der Waals surface area contributed by atoms with Crippen molar-refractivity contribution in [2.24, 2.45) is 5.41 Å². The normalized spacial score (nSPS) is 18.7. The van der Waals surface area contributed by atoms with Gasteiger partial charge in [0, 0.05) is 12.1 Å². The monoisotopic (exact) mass is 295 g/mol. The fourth-order valence-corrected chi connectivity index (χ4v) is 3.25. The van der Waals surface area contributed by atoms with Gasteiger partial charge in [-0.2, -0.15) is 0 Å². The van der Waals surface area contributed by atoms with E-state index in [-0.39, 0.29) is 22.6 Å². The van der Waals surface area contributed by atoms with Gasteiger partial charge in [0.2, 0.25) is 0 Å². The summed E-state index contributed by atoms with van der Waals surface area (Å²) in [7, 11) is 0. The average molecular weight is 295 g/mol. The van der Waals surface area contributed by atoms with Crippen LogP contribution in [0.5, 0.6) is 0 Å². The fraction of sp³-hybridized carbons (Fsp3) is 0.667. The van der Waals surface area contributed by atoms with Crippen LogP contribution >= 0.6 is 0 Å². The van der Waals surface area contributed by atoms with Crippen LogP contribution in [0.3, 0.4) is 0 Å². The van der Waals surface area contributed by atoms with E-state index in [4.69, 9.17) is 0 Å². The molecule has 0 unspecified atom stereocenters. The minimum Gasteiger partial charge on any atom is -0.312 e. The first kappa shape index (κ1) is 16.4. The predicted octanol–water partition coefficient (Wildman–Crippen LogP) is 4.85. The van der Waals surface area contributed by atoms with E-state index < -0.39 is 0 Å². The second-order valence-corrected chi connectivity index (χ2v) is 7.58. The molecule has 0 radical (unpaired) electrons. The maximum absolute atomic E-state index is 14.0.